The lowest BCUT2D eigenvalue weighted by molar-refractivity contribution is -0.115. The number of rotatable bonds is 8. The van der Waals surface area contributed by atoms with E-state index in [2.05, 4.69) is 15.5 Å². The minimum atomic E-state index is -3.59. The molecule has 1 heterocycles. The number of aromatic amines is 1. The predicted molar refractivity (Wildman–Crippen MR) is 104 cm³/mol. The molecule has 2 aromatic rings. The molecule has 0 saturated carbocycles. The highest BCUT2D eigenvalue weighted by atomic mass is 32.2. The standard InChI is InChI=1S/C16H23N5O4S2/c1-5-9-21-15(23)18-19-16(21)26-11(2)14(22)17-12-7-6-8-13(10-12)27(24,25)20(3)4/h6-8,10-11H,5,9H2,1-4H3,(H,17,22)(H,18,23). The van der Waals surface area contributed by atoms with Crippen molar-refractivity contribution in [2.45, 2.75) is 42.1 Å². The van der Waals surface area contributed by atoms with Crippen LogP contribution in [0.5, 0.6) is 0 Å². The van der Waals surface area contributed by atoms with Gasteiger partial charge in [0.05, 0.1) is 10.1 Å². The smallest absolute Gasteiger partial charge is 0.325 e. The van der Waals surface area contributed by atoms with E-state index in [1.807, 2.05) is 6.92 Å². The lowest BCUT2D eigenvalue weighted by Gasteiger charge is -2.14. The van der Waals surface area contributed by atoms with Crippen LogP contribution in [0.2, 0.25) is 0 Å². The third-order valence-corrected chi connectivity index (χ3v) is 6.60. The molecule has 0 aliphatic rings. The van der Waals surface area contributed by atoms with Gasteiger partial charge in [-0.25, -0.2) is 22.6 Å². The number of aromatic nitrogens is 3. The van der Waals surface area contributed by atoms with Crippen LogP contribution in [0.15, 0.2) is 39.1 Å². The largest absolute Gasteiger partial charge is 0.343 e. The Labute approximate surface area is 162 Å². The summed E-state index contributed by atoms with van der Waals surface area (Å²) in [6.45, 7) is 4.14. The first-order valence-electron chi connectivity index (χ1n) is 8.32. The van der Waals surface area contributed by atoms with Crippen molar-refractivity contribution in [3.05, 3.63) is 34.7 Å². The molecule has 0 spiro atoms. The topological polar surface area (TPSA) is 117 Å². The molecule has 0 aliphatic carbocycles. The fourth-order valence-corrected chi connectivity index (χ4v) is 4.04. The number of nitrogens with one attached hydrogen (secondary N) is 2. The second-order valence-corrected chi connectivity index (χ2v) is 9.49. The third-order valence-electron chi connectivity index (χ3n) is 3.70. The number of hydrogen-bond donors (Lipinski definition) is 2. The van der Waals surface area contributed by atoms with Crippen molar-refractivity contribution >= 4 is 33.4 Å². The molecular weight excluding hydrogens is 390 g/mol. The number of nitrogens with zero attached hydrogens (tertiary/aromatic N) is 3. The summed E-state index contributed by atoms with van der Waals surface area (Å²) < 4.78 is 27.0. The van der Waals surface area contributed by atoms with Gasteiger partial charge in [-0.2, -0.15) is 0 Å². The maximum atomic E-state index is 12.5. The highest BCUT2D eigenvalue weighted by Gasteiger charge is 2.21. The van der Waals surface area contributed by atoms with Crippen LogP contribution >= 0.6 is 11.8 Å². The minimum Gasteiger partial charge on any atom is -0.325 e. The Morgan fingerprint density at radius 1 is 1.41 bits per heavy atom. The first-order chi connectivity index (χ1) is 12.7. The summed E-state index contributed by atoms with van der Waals surface area (Å²) in [6, 6.07) is 6.06. The van der Waals surface area contributed by atoms with Crippen LogP contribution in [0.25, 0.3) is 0 Å². The Kier molecular flexibility index (Phi) is 6.84. The van der Waals surface area contributed by atoms with Gasteiger partial charge in [-0.3, -0.25) is 9.36 Å². The van der Waals surface area contributed by atoms with E-state index in [0.29, 0.717) is 17.4 Å². The van der Waals surface area contributed by atoms with Crippen molar-refractivity contribution in [2.75, 3.05) is 19.4 Å². The van der Waals surface area contributed by atoms with Crippen LogP contribution < -0.4 is 11.0 Å². The molecule has 1 amide bonds. The van der Waals surface area contributed by atoms with Gasteiger partial charge < -0.3 is 5.32 Å². The van der Waals surface area contributed by atoms with E-state index in [1.165, 1.54) is 30.8 Å². The summed E-state index contributed by atoms with van der Waals surface area (Å²) in [7, 11) is -0.702. The van der Waals surface area contributed by atoms with Crippen LogP contribution in [-0.2, 0) is 21.4 Å². The van der Waals surface area contributed by atoms with E-state index in [0.717, 1.165) is 22.5 Å². The molecule has 0 bridgehead atoms. The van der Waals surface area contributed by atoms with Gasteiger partial charge in [-0.15, -0.1) is 5.10 Å². The first-order valence-corrected chi connectivity index (χ1v) is 10.6. The van der Waals surface area contributed by atoms with Crippen LogP contribution in [0.1, 0.15) is 20.3 Å². The zero-order valence-electron chi connectivity index (χ0n) is 15.6. The summed E-state index contributed by atoms with van der Waals surface area (Å²) in [6.07, 6.45) is 0.765. The lowest BCUT2D eigenvalue weighted by Crippen LogP contribution is -2.25. The molecule has 2 N–H and O–H groups in total. The average Bonchev–Trinajstić information content (AvgIpc) is 2.95. The number of amides is 1. The number of thioether (sulfide) groups is 1. The SMILES string of the molecule is CCCn1c(SC(C)C(=O)Nc2cccc(S(=O)(=O)N(C)C)c2)n[nH]c1=O. The van der Waals surface area contributed by atoms with Crippen LogP contribution in [0, 0.1) is 0 Å². The number of sulfonamides is 1. The van der Waals surface area contributed by atoms with Gasteiger partial charge in [-0.05, 0) is 31.5 Å². The van der Waals surface area contributed by atoms with Crippen LogP contribution in [0.3, 0.4) is 0 Å². The zero-order chi connectivity index (χ0) is 20.2. The van der Waals surface area contributed by atoms with Gasteiger partial charge in [0.2, 0.25) is 15.9 Å². The maximum absolute atomic E-state index is 12.5. The molecule has 1 aromatic heterocycles. The van der Waals surface area contributed by atoms with Crippen LogP contribution in [-0.4, -0.2) is 52.7 Å². The molecule has 27 heavy (non-hydrogen) atoms. The van der Waals surface area contributed by atoms with Gasteiger partial charge >= 0.3 is 5.69 Å². The second-order valence-electron chi connectivity index (χ2n) is 6.03. The van der Waals surface area contributed by atoms with Gasteiger partial charge in [0.1, 0.15) is 0 Å². The monoisotopic (exact) mass is 413 g/mol. The molecule has 9 nitrogen and oxygen atoms in total. The summed E-state index contributed by atoms with van der Waals surface area (Å²) in [4.78, 5) is 24.3. The van der Waals surface area contributed by atoms with Crippen LogP contribution in [0.4, 0.5) is 5.69 Å². The molecule has 148 valence electrons. The summed E-state index contributed by atoms with van der Waals surface area (Å²) >= 11 is 1.16. The third kappa shape index (κ3) is 4.99. The number of H-pyrrole nitrogens is 1. The van der Waals surface area contributed by atoms with Gasteiger partial charge in [0, 0.05) is 26.3 Å². The van der Waals surface area contributed by atoms with Crippen molar-refractivity contribution in [1.29, 1.82) is 0 Å². The fourth-order valence-electron chi connectivity index (χ4n) is 2.21. The number of carbonyl (C=O) groups is 1. The Bertz CT molecular complexity index is 965. The Morgan fingerprint density at radius 3 is 2.74 bits per heavy atom. The molecule has 0 aliphatic heterocycles. The fraction of sp³-hybridized carbons (Fsp3) is 0.438. The summed E-state index contributed by atoms with van der Waals surface area (Å²) in [5.74, 6) is -0.321. The van der Waals surface area contributed by atoms with Crippen molar-refractivity contribution < 1.29 is 13.2 Å². The van der Waals surface area contributed by atoms with E-state index in [9.17, 15) is 18.0 Å². The number of anilines is 1. The molecule has 0 fully saturated rings. The normalized spacial score (nSPS) is 12.9. The van der Waals surface area contributed by atoms with E-state index in [-0.39, 0.29) is 16.5 Å². The van der Waals surface area contributed by atoms with Gasteiger partial charge in [0.25, 0.3) is 0 Å². The molecule has 1 atom stereocenters. The van der Waals surface area contributed by atoms with Crippen molar-refractivity contribution in [3.63, 3.8) is 0 Å². The molecule has 1 aromatic carbocycles. The van der Waals surface area contributed by atoms with E-state index < -0.39 is 15.3 Å². The Morgan fingerprint density at radius 2 is 2.11 bits per heavy atom. The second kappa shape index (κ2) is 8.72. The van der Waals surface area contributed by atoms with Gasteiger partial charge in [-0.1, -0.05) is 24.8 Å². The average molecular weight is 414 g/mol. The number of benzene rings is 1. The van der Waals surface area contributed by atoms with E-state index >= 15 is 0 Å². The summed E-state index contributed by atoms with van der Waals surface area (Å²) in [5.41, 5.74) is 0.0666. The highest BCUT2D eigenvalue weighted by Crippen LogP contribution is 2.23. The Balaban J connectivity index is 2.12. The van der Waals surface area contributed by atoms with Crippen molar-refractivity contribution in [2.24, 2.45) is 0 Å². The first kappa shape index (κ1) is 21.2. The summed E-state index contributed by atoms with van der Waals surface area (Å²) in [5, 5.41) is 8.94. The minimum absolute atomic E-state index is 0.0923. The highest BCUT2D eigenvalue weighted by molar-refractivity contribution is 8.00. The lowest BCUT2D eigenvalue weighted by atomic mass is 10.3. The number of hydrogen-bond acceptors (Lipinski definition) is 6. The quantitative estimate of drug-likeness (QED) is 0.631. The molecular formula is C16H23N5O4S2. The predicted octanol–water partition coefficient (Wildman–Crippen LogP) is 1.35. The maximum Gasteiger partial charge on any atom is 0.343 e. The Hall–Kier alpha value is -2.11. The van der Waals surface area contributed by atoms with Crippen molar-refractivity contribution in [1.82, 2.24) is 19.1 Å². The molecule has 2 rings (SSSR count). The van der Waals surface area contributed by atoms with Gasteiger partial charge in [0.15, 0.2) is 5.16 Å². The molecule has 11 heteroatoms. The zero-order valence-corrected chi connectivity index (χ0v) is 17.2. The van der Waals surface area contributed by atoms with E-state index in [4.69, 9.17) is 0 Å². The van der Waals surface area contributed by atoms with Crippen molar-refractivity contribution in [3.8, 4) is 0 Å². The number of carbonyl (C=O) groups excluding carboxylic acids is 1. The van der Waals surface area contributed by atoms with E-state index in [1.54, 1.807) is 19.1 Å². The molecule has 1 unspecified atom stereocenters. The molecule has 0 radical (unpaired) electrons. The molecule has 0 saturated heterocycles.